The number of carboxylic acid groups (broad SMARTS) is 1. The maximum Gasteiger partial charge on any atom is 0.490 e. The standard InChI is InChI=1S/C25H24ClN5O3.C2HF3O2/c1-2-3-20-24(32)30(13-15-4-7-18-19(10-15)28-14-29-23(18)27)8-9-31(20)25(33)22-11-16-5-6-17(26)12-21(16)34-22;3-2(4,5)1(6)7/h4-7,10-12,14,20H,2-3,8-9,13H2,1H3,(H2,27,28,29);(H,6,7). The van der Waals surface area contributed by atoms with E-state index in [0.29, 0.717) is 42.5 Å². The van der Waals surface area contributed by atoms with Crippen LogP contribution in [0.4, 0.5) is 19.0 Å². The summed E-state index contributed by atoms with van der Waals surface area (Å²) < 4.78 is 37.5. The largest absolute Gasteiger partial charge is 0.490 e. The Hall–Kier alpha value is -4.39. The summed E-state index contributed by atoms with van der Waals surface area (Å²) in [5, 5.41) is 9.24. The van der Waals surface area contributed by atoms with Gasteiger partial charge < -0.3 is 25.1 Å². The second-order valence-electron chi connectivity index (χ2n) is 9.27. The van der Waals surface area contributed by atoms with Gasteiger partial charge in [0.25, 0.3) is 5.91 Å². The molecule has 216 valence electrons. The highest BCUT2D eigenvalue weighted by molar-refractivity contribution is 6.31. The average Bonchev–Trinajstić information content (AvgIpc) is 3.34. The van der Waals surface area contributed by atoms with Crippen LogP contribution in [0.2, 0.25) is 5.02 Å². The number of aliphatic carboxylic acids is 1. The molecule has 3 heterocycles. The summed E-state index contributed by atoms with van der Waals surface area (Å²) in [6, 6.07) is 12.1. The van der Waals surface area contributed by atoms with Gasteiger partial charge in [-0.2, -0.15) is 13.2 Å². The van der Waals surface area contributed by atoms with Crippen molar-refractivity contribution in [1.82, 2.24) is 19.8 Å². The number of hydrogen-bond acceptors (Lipinski definition) is 7. The minimum Gasteiger partial charge on any atom is -0.475 e. The summed E-state index contributed by atoms with van der Waals surface area (Å²) in [4.78, 5) is 47.4. The Morgan fingerprint density at radius 2 is 1.88 bits per heavy atom. The smallest absolute Gasteiger partial charge is 0.475 e. The van der Waals surface area contributed by atoms with Crippen molar-refractivity contribution in [1.29, 1.82) is 0 Å². The molecule has 14 heteroatoms. The Bertz CT molecular complexity index is 1610. The van der Waals surface area contributed by atoms with Crippen LogP contribution < -0.4 is 5.73 Å². The van der Waals surface area contributed by atoms with Crippen molar-refractivity contribution in [3.63, 3.8) is 0 Å². The van der Waals surface area contributed by atoms with Gasteiger partial charge in [-0.15, -0.1) is 0 Å². The van der Waals surface area contributed by atoms with E-state index in [9.17, 15) is 22.8 Å². The fourth-order valence-corrected chi connectivity index (χ4v) is 4.65. The fourth-order valence-electron chi connectivity index (χ4n) is 4.49. The van der Waals surface area contributed by atoms with Crippen LogP contribution in [0, 0.1) is 0 Å². The zero-order chi connectivity index (χ0) is 29.9. The number of fused-ring (bicyclic) bond motifs is 2. The van der Waals surface area contributed by atoms with Crippen LogP contribution in [0.25, 0.3) is 21.9 Å². The van der Waals surface area contributed by atoms with E-state index in [1.807, 2.05) is 31.2 Å². The molecule has 1 aliphatic heterocycles. The lowest BCUT2D eigenvalue weighted by Crippen LogP contribution is -2.58. The third-order valence-electron chi connectivity index (χ3n) is 6.45. The van der Waals surface area contributed by atoms with Gasteiger partial charge in [0, 0.05) is 41.5 Å². The van der Waals surface area contributed by atoms with Crippen molar-refractivity contribution >= 4 is 57.1 Å². The first-order valence-electron chi connectivity index (χ1n) is 12.5. The number of carboxylic acids is 1. The Morgan fingerprint density at radius 3 is 2.56 bits per heavy atom. The molecule has 5 rings (SSSR count). The predicted octanol–water partition coefficient (Wildman–Crippen LogP) is 4.90. The Labute approximate surface area is 236 Å². The molecular weight excluding hydrogens is 567 g/mol. The number of nitrogens with two attached hydrogens (primary N) is 1. The van der Waals surface area contributed by atoms with Gasteiger partial charge in [0.2, 0.25) is 5.91 Å². The maximum absolute atomic E-state index is 13.4. The van der Waals surface area contributed by atoms with Crippen LogP contribution in [0.3, 0.4) is 0 Å². The molecule has 0 saturated carbocycles. The number of halogens is 4. The molecule has 1 saturated heterocycles. The van der Waals surface area contributed by atoms with E-state index >= 15 is 0 Å². The Kier molecular flexibility index (Phi) is 8.66. The number of furan rings is 1. The highest BCUT2D eigenvalue weighted by atomic mass is 35.5. The van der Waals surface area contributed by atoms with Crippen LogP contribution in [0.5, 0.6) is 0 Å². The van der Waals surface area contributed by atoms with Gasteiger partial charge in [0.05, 0.1) is 5.52 Å². The van der Waals surface area contributed by atoms with E-state index in [0.717, 1.165) is 28.3 Å². The molecule has 1 aliphatic rings. The Balaban J connectivity index is 0.000000493. The number of anilines is 1. The van der Waals surface area contributed by atoms with Crippen LogP contribution in [0.1, 0.15) is 35.9 Å². The van der Waals surface area contributed by atoms with Gasteiger partial charge in [0.1, 0.15) is 23.8 Å². The molecular formula is C27H25ClF3N5O5. The molecule has 1 fully saturated rings. The number of aromatic nitrogens is 2. The zero-order valence-corrected chi connectivity index (χ0v) is 22.4. The molecule has 4 aromatic rings. The molecule has 3 N–H and O–H groups in total. The van der Waals surface area contributed by atoms with Crippen molar-refractivity contribution in [2.45, 2.75) is 38.5 Å². The first kappa shape index (κ1) is 29.6. The molecule has 2 amide bonds. The monoisotopic (exact) mass is 591 g/mol. The van der Waals surface area contributed by atoms with Crippen molar-refractivity contribution in [3.05, 3.63) is 65.1 Å². The topological polar surface area (TPSA) is 143 Å². The average molecular weight is 592 g/mol. The third-order valence-corrected chi connectivity index (χ3v) is 6.68. The highest BCUT2D eigenvalue weighted by Gasteiger charge is 2.39. The lowest BCUT2D eigenvalue weighted by Gasteiger charge is -2.40. The van der Waals surface area contributed by atoms with Crippen LogP contribution in [-0.2, 0) is 16.1 Å². The minimum absolute atomic E-state index is 0.0668. The fraction of sp³-hybridized carbons (Fsp3) is 0.296. The molecule has 0 spiro atoms. The van der Waals surface area contributed by atoms with Gasteiger partial charge in [-0.25, -0.2) is 14.8 Å². The highest BCUT2D eigenvalue weighted by Crippen LogP contribution is 2.27. The molecule has 0 aliphatic carbocycles. The van der Waals surface area contributed by atoms with Gasteiger partial charge in [-0.3, -0.25) is 9.59 Å². The molecule has 0 radical (unpaired) electrons. The number of nitrogen functional groups attached to an aromatic ring is 1. The number of carbonyl (C=O) groups is 3. The van der Waals surface area contributed by atoms with Crippen LogP contribution >= 0.6 is 11.6 Å². The number of hydrogen-bond donors (Lipinski definition) is 2. The molecule has 2 aromatic heterocycles. The summed E-state index contributed by atoms with van der Waals surface area (Å²) in [6.45, 7) is 3.30. The molecule has 1 unspecified atom stereocenters. The van der Waals surface area contributed by atoms with E-state index < -0.39 is 18.2 Å². The number of carbonyl (C=O) groups excluding carboxylic acids is 2. The van der Waals surface area contributed by atoms with E-state index in [1.165, 1.54) is 6.33 Å². The van der Waals surface area contributed by atoms with Gasteiger partial charge in [0.15, 0.2) is 5.76 Å². The SMILES string of the molecule is CCCC1C(=O)N(Cc2ccc3c(N)ncnc3c2)CCN1C(=O)c1cc2ccc(Cl)cc2o1.O=C(O)C(F)(F)F. The van der Waals surface area contributed by atoms with Gasteiger partial charge >= 0.3 is 12.1 Å². The van der Waals surface area contributed by atoms with Crippen molar-refractivity contribution in [2.24, 2.45) is 0 Å². The van der Waals surface area contributed by atoms with Crippen molar-refractivity contribution < 1.29 is 37.1 Å². The third kappa shape index (κ3) is 6.68. The summed E-state index contributed by atoms with van der Waals surface area (Å²) in [5.74, 6) is -2.46. The summed E-state index contributed by atoms with van der Waals surface area (Å²) in [5.41, 5.74) is 8.15. The second kappa shape index (κ2) is 12.0. The minimum atomic E-state index is -5.08. The predicted molar refractivity (Wildman–Crippen MR) is 144 cm³/mol. The lowest BCUT2D eigenvalue weighted by molar-refractivity contribution is -0.192. The number of nitrogens with zero attached hydrogens (tertiary/aromatic N) is 4. The molecule has 0 bridgehead atoms. The first-order valence-corrected chi connectivity index (χ1v) is 12.8. The lowest BCUT2D eigenvalue weighted by atomic mass is 10.0. The van der Waals surface area contributed by atoms with Crippen molar-refractivity contribution in [2.75, 3.05) is 18.8 Å². The number of benzene rings is 2. The number of amides is 2. The second-order valence-corrected chi connectivity index (χ2v) is 9.71. The maximum atomic E-state index is 13.4. The summed E-state index contributed by atoms with van der Waals surface area (Å²) in [7, 11) is 0. The zero-order valence-electron chi connectivity index (χ0n) is 21.7. The van der Waals surface area contributed by atoms with Crippen molar-refractivity contribution in [3.8, 4) is 0 Å². The molecule has 1 atom stereocenters. The Morgan fingerprint density at radius 1 is 1.15 bits per heavy atom. The normalized spacial score (nSPS) is 15.6. The number of alkyl halides is 3. The molecule has 41 heavy (non-hydrogen) atoms. The van der Waals surface area contributed by atoms with E-state index in [1.54, 1.807) is 28.0 Å². The van der Waals surface area contributed by atoms with E-state index in [2.05, 4.69) is 9.97 Å². The quantitative estimate of drug-likeness (QED) is 0.334. The van der Waals surface area contributed by atoms with Crippen LogP contribution in [-0.4, -0.2) is 68.0 Å². The van der Waals surface area contributed by atoms with Gasteiger partial charge in [-0.05, 0) is 42.3 Å². The number of piperazine rings is 1. The first-order chi connectivity index (χ1) is 19.4. The molecule has 2 aromatic carbocycles. The molecule has 10 nitrogen and oxygen atoms in total. The van der Waals surface area contributed by atoms with E-state index in [4.69, 9.17) is 31.7 Å². The van der Waals surface area contributed by atoms with Gasteiger partial charge in [-0.1, -0.05) is 31.0 Å². The summed E-state index contributed by atoms with van der Waals surface area (Å²) in [6.07, 6.45) is -2.30. The van der Waals surface area contributed by atoms with Crippen LogP contribution in [0.15, 0.2) is 53.2 Å². The van der Waals surface area contributed by atoms with E-state index in [-0.39, 0.29) is 17.6 Å². The summed E-state index contributed by atoms with van der Waals surface area (Å²) >= 11 is 6.04. The number of rotatable bonds is 5.